The third kappa shape index (κ3) is 4.19. The molecule has 2 rings (SSSR count). The van der Waals surface area contributed by atoms with Crippen LogP contribution >= 0.6 is 0 Å². The van der Waals surface area contributed by atoms with E-state index in [0.29, 0.717) is 15.0 Å². The Morgan fingerprint density at radius 2 is 1.29 bits per heavy atom. The first kappa shape index (κ1) is 13.8. The molecule has 5 heteroatoms. The Hall–Kier alpha value is 0.359. The summed E-state index contributed by atoms with van der Waals surface area (Å²) >= 11 is 0.531. The van der Waals surface area contributed by atoms with Crippen LogP contribution in [0.3, 0.4) is 0 Å². The molecule has 0 aliphatic carbocycles. The van der Waals surface area contributed by atoms with Crippen LogP contribution in [0.25, 0.3) is 0 Å². The van der Waals surface area contributed by atoms with Gasteiger partial charge in [-0.1, -0.05) is 0 Å². The summed E-state index contributed by atoms with van der Waals surface area (Å²) in [4.78, 5) is 0. The summed E-state index contributed by atoms with van der Waals surface area (Å²) in [5.41, 5.74) is 0. The molecule has 2 atom stereocenters. The van der Waals surface area contributed by atoms with Crippen LogP contribution in [0.15, 0.2) is 0 Å². The van der Waals surface area contributed by atoms with E-state index in [1.165, 1.54) is 0 Å². The third-order valence-electron chi connectivity index (χ3n) is 2.74. The van der Waals surface area contributed by atoms with Gasteiger partial charge in [-0.2, -0.15) is 0 Å². The monoisotopic (exact) mass is 310 g/mol. The zero-order chi connectivity index (χ0) is 12.5. The van der Waals surface area contributed by atoms with Gasteiger partial charge in [-0.3, -0.25) is 0 Å². The quantitative estimate of drug-likeness (QED) is 0.743. The molecule has 0 aromatic rings. The van der Waals surface area contributed by atoms with Crippen molar-refractivity contribution in [1.29, 1.82) is 0 Å². The van der Waals surface area contributed by atoms with Gasteiger partial charge in [0.1, 0.15) is 0 Å². The Balaban J connectivity index is 1.61. The van der Waals surface area contributed by atoms with Gasteiger partial charge in [0.2, 0.25) is 0 Å². The minimum atomic E-state index is -0.393. The first-order valence-electron chi connectivity index (χ1n) is 6.08. The van der Waals surface area contributed by atoms with E-state index >= 15 is 0 Å². The predicted octanol–water partition coefficient (Wildman–Crippen LogP) is 1.83. The van der Waals surface area contributed by atoms with E-state index in [9.17, 15) is 0 Å². The van der Waals surface area contributed by atoms with Crippen molar-refractivity contribution < 1.29 is 18.9 Å². The molecule has 0 unspecified atom stereocenters. The fourth-order valence-corrected chi connectivity index (χ4v) is 4.10. The van der Waals surface area contributed by atoms with Crippen molar-refractivity contribution in [2.75, 3.05) is 13.2 Å². The van der Waals surface area contributed by atoms with E-state index in [1.807, 2.05) is 27.7 Å². The molecule has 100 valence electrons. The molecular formula is C12H22O4Se. The zero-order valence-corrected chi connectivity index (χ0v) is 12.7. The van der Waals surface area contributed by atoms with Crippen LogP contribution in [0.2, 0.25) is 10.6 Å². The fraction of sp³-hybridized carbons (Fsp3) is 1.00. The molecule has 2 heterocycles. The molecule has 0 aromatic carbocycles. The Morgan fingerprint density at radius 3 is 1.59 bits per heavy atom. The van der Waals surface area contributed by atoms with Crippen LogP contribution in [-0.4, -0.2) is 52.0 Å². The van der Waals surface area contributed by atoms with Gasteiger partial charge in [0.25, 0.3) is 0 Å². The average Bonchev–Trinajstić information content (AvgIpc) is 2.70. The molecule has 0 amide bonds. The van der Waals surface area contributed by atoms with E-state index in [-0.39, 0.29) is 12.2 Å². The van der Waals surface area contributed by atoms with E-state index < -0.39 is 11.6 Å². The van der Waals surface area contributed by atoms with E-state index in [0.717, 1.165) is 23.9 Å². The van der Waals surface area contributed by atoms with Gasteiger partial charge in [-0.05, 0) is 0 Å². The summed E-state index contributed by atoms with van der Waals surface area (Å²) in [5.74, 6) is -0.786. The normalized spacial score (nSPS) is 35.3. The molecule has 0 bridgehead atoms. The van der Waals surface area contributed by atoms with Gasteiger partial charge in [0.05, 0.1) is 0 Å². The van der Waals surface area contributed by atoms with Crippen LogP contribution in [0.4, 0.5) is 0 Å². The van der Waals surface area contributed by atoms with E-state index in [4.69, 9.17) is 18.9 Å². The number of hydrogen-bond acceptors (Lipinski definition) is 4. The second kappa shape index (κ2) is 5.16. The molecule has 2 aliphatic rings. The zero-order valence-electron chi connectivity index (χ0n) is 11.0. The van der Waals surface area contributed by atoms with Crippen LogP contribution in [0.1, 0.15) is 27.7 Å². The van der Waals surface area contributed by atoms with Gasteiger partial charge < -0.3 is 0 Å². The molecule has 2 fully saturated rings. The summed E-state index contributed by atoms with van der Waals surface area (Å²) in [6.07, 6.45) is 0.528. The average molecular weight is 309 g/mol. The standard InChI is InChI=1S/C12H22O4Se/c1-11(2)13-5-9(15-11)7-17-8-10-6-14-12(3,4)16-10/h9-10H,5-8H2,1-4H3/t9-,10-/m1/s1. The molecular weight excluding hydrogens is 287 g/mol. The van der Waals surface area contributed by atoms with Gasteiger partial charge in [0.15, 0.2) is 0 Å². The number of hydrogen-bond donors (Lipinski definition) is 0. The van der Waals surface area contributed by atoms with E-state index in [1.54, 1.807) is 0 Å². The van der Waals surface area contributed by atoms with Crippen molar-refractivity contribution in [2.45, 2.75) is 62.1 Å². The molecule has 4 nitrogen and oxygen atoms in total. The molecule has 0 aromatic heterocycles. The van der Waals surface area contributed by atoms with Crippen LogP contribution in [0, 0.1) is 0 Å². The van der Waals surface area contributed by atoms with Crippen LogP contribution in [0.5, 0.6) is 0 Å². The van der Waals surface area contributed by atoms with Gasteiger partial charge in [-0.25, -0.2) is 0 Å². The molecule has 2 aliphatic heterocycles. The third-order valence-corrected chi connectivity index (χ3v) is 5.29. The second-order valence-corrected chi connectivity index (χ2v) is 7.69. The summed E-state index contributed by atoms with van der Waals surface area (Å²) in [7, 11) is 0. The van der Waals surface area contributed by atoms with Gasteiger partial charge >= 0.3 is 109 Å². The first-order valence-corrected chi connectivity index (χ1v) is 8.50. The Morgan fingerprint density at radius 1 is 0.882 bits per heavy atom. The van der Waals surface area contributed by atoms with Gasteiger partial charge in [0, 0.05) is 0 Å². The second-order valence-electron chi connectivity index (χ2n) is 5.44. The van der Waals surface area contributed by atoms with Crippen molar-refractivity contribution >= 4 is 15.0 Å². The molecule has 0 radical (unpaired) electrons. The summed E-state index contributed by atoms with van der Waals surface area (Å²) in [6.45, 7) is 9.32. The van der Waals surface area contributed by atoms with Crippen molar-refractivity contribution in [1.82, 2.24) is 0 Å². The molecule has 0 N–H and O–H groups in total. The Labute approximate surface area is 109 Å². The maximum atomic E-state index is 5.78. The molecule has 2 saturated heterocycles. The first-order chi connectivity index (χ1) is 7.86. The number of rotatable bonds is 4. The predicted molar refractivity (Wildman–Crippen MR) is 65.2 cm³/mol. The summed E-state index contributed by atoms with van der Waals surface area (Å²) in [6, 6.07) is 0. The van der Waals surface area contributed by atoms with Crippen molar-refractivity contribution in [3.8, 4) is 0 Å². The summed E-state index contributed by atoms with van der Waals surface area (Å²) < 4.78 is 22.6. The van der Waals surface area contributed by atoms with Gasteiger partial charge in [-0.15, -0.1) is 0 Å². The van der Waals surface area contributed by atoms with Crippen LogP contribution < -0.4 is 0 Å². The maximum absolute atomic E-state index is 5.78. The van der Waals surface area contributed by atoms with E-state index in [2.05, 4.69) is 0 Å². The fourth-order valence-electron chi connectivity index (χ4n) is 2.02. The Kier molecular flexibility index (Phi) is 4.18. The topological polar surface area (TPSA) is 36.9 Å². The van der Waals surface area contributed by atoms with Crippen LogP contribution in [-0.2, 0) is 18.9 Å². The minimum absolute atomic E-state index is 0.264. The van der Waals surface area contributed by atoms with Crippen molar-refractivity contribution in [3.05, 3.63) is 0 Å². The molecule has 0 saturated carbocycles. The SMILES string of the molecule is CC1(C)OC[C@H](C[Se]C[C@H]2COC(C)(C)O2)O1. The number of ether oxygens (including phenoxy) is 4. The van der Waals surface area contributed by atoms with Crippen molar-refractivity contribution in [2.24, 2.45) is 0 Å². The summed E-state index contributed by atoms with van der Waals surface area (Å²) in [5, 5.41) is 2.19. The molecule has 0 spiro atoms. The molecule has 17 heavy (non-hydrogen) atoms. The van der Waals surface area contributed by atoms with Crippen molar-refractivity contribution in [3.63, 3.8) is 0 Å². The Bertz CT molecular complexity index is 241.